The van der Waals surface area contributed by atoms with Crippen LogP contribution in [0.4, 0.5) is 0 Å². The third-order valence-electron chi connectivity index (χ3n) is 3.34. The molecule has 0 aliphatic heterocycles. The SMILES string of the molecule is Cc1ccc(C(=O)O[C@H](C)C[C@@H](C)Oc2ccccc2)cc1. The lowest BCUT2D eigenvalue weighted by atomic mass is 10.1. The zero-order valence-electron chi connectivity index (χ0n) is 13.3. The summed E-state index contributed by atoms with van der Waals surface area (Å²) in [7, 11) is 0. The first-order valence-corrected chi connectivity index (χ1v) is 7.54. The first kappa shape index (κ1) is 16.1. The maximum Gasteiger partial charge on any atom is 0.338 e. The molecule has 22 heavy (non-hydrogen) atoms. The van der Waals surface area contributed by atoms with E-state index in [-0.39, 0.29) is 18.2 Å². The zero-order chi connectivity index (χ0) is 15.9. The number of hydrogen-bond acceptors (Lipinski definition) is 3. The van der Waals surface area contributed by atoms with Gasteiger partial charge in [0.2, 0.25) is 0 Å². The van der Waals surface area contributed by atoms with E-state index in [0.29, 0.717) is 12.0 Å². The van der Waals surface area contributed by atoms with E-state index in [1.54, 1.807) is 12.1 Å². The van der Waals surface area contributed by atoms with Gasteiger partial charge in [-0.25, -0.2) is 4.79 Å². The average Bonchev–Trinajstić information content (AvgIpc) is 2.48. The van der Waals surface area contributed by atoms with Crippen molar-refractivity contribution in [3.63, 3.8) is 0 Å². The molecule has 0 aromatic heterocycles. The minimum atomic E-state index is -0.292. The summed E-state index contributed by atoms with van der Waals surface area (Å²) in [5, 5.41) is 0. The van der Waals surface area contributed by atoms with Gasteiger partial charge in [-0.05, 0) is 45.0 Å². The quantitative estimate of drug-likeness (QED) is 0.742. The fraction of sp³-hybridized carbons (Fsp3) is 0.316. The van der Waals surface area contributed by atoms with E-state index in [1.165, 1.54) is 0 Å². The van der Waals surface area contributed by atoms with E-state index in [0.717, 1.165) is 11.3 Å². The van der Waals surface area contributed by atoms with Crippen molar-refractivity contribution in [1.82, 2.24) is 0 Å². The van der Waals surface area contributed by atoms with Crippen LogP contribution in [0.5, 0.6) is 5.75 Å². The number of carbonyl (C=O) groups is 1. The average molecular weight is 298 g/mol. The number of aryl methyl sites for hydroxylation is 1. The highest BCUT2D eigenvalue weighted by atomic mass is 16.5. The number of benzene rings is 2. The second-order valence-corrected chi connectivity index (χ2v) is 5.56. The molecule has 0 amide bonds. The Morgan fingerprint density at radius 3 is 2.23 bits per heavy atom. The molecule has 0 radical (unpaired) electrons. The number of carbonyl (C=O) groups excluding carboxylic acids is 1. The van der Waals surface area contributed by atoms with Gasteiger partial charge in [-0.3, -0.25) is 0 Å². The first-order valence-electron chi connectivity index (χ1n) is 7.54. The number of ether oxygens (including phenoxy) is 2. The lowest BCUT2D eigenvalue weighted by Gasteiger charge is -2.19. The third kappa shape index (κ3) is 4.92. The molecule has 0 aliphatic carbocycles. The molecule has 0 unspecified atom stereocenters. The van der Waals surface area contributed by atoms with Crippen LogP contribution in [0.15, 0.2) is 54.6 Å². The normalized spacial score (nSPS) is 13.2. The number of rotatable bonds is 6. The van der Waals surface area contributed by atoms with Crippen LogP contribution in [0.3, 0.4) is 0 Å². The third-order valence-corrected chi connectivity index (χ3v) is 3.34. The van der Waals surface area contributed by atoms with E-state index in [2.05, 4.69) is 0 Å². The molecule has 2 atom stereocenters. The highest BCUT2D eigenvalue weighted by Crippen LogP contribution is 2.15. The van der Waals surface area contributed by atoms with Gasteiger partial charge in [0.05, 0.1) is 11.7 Å². The van der Waals surface area contributed by atoms with Crippen molar-refractivity contribution in [1.29, 1.82) is 0 Å². The molecule has 2 rings (SSSR count). The summed E-state index contributed by atoms with van der Waals surface area (Å²) in [4.78, 5) is 12.0. The van der Waals surface area contributed by atoms with Gasteiger partial charge in [-0.2, -0.15) is 0 Å². The van der Waals surface area contributed by atoms with Crippen molar-refractivity contribution < 1.29 is 14.3 Å². The Morgan fingerprint density at radius 1 is 0.955 bits per heavy atom. The molecule has 0 heterocycles. The van der Waals surface area contributed by atoms with Crippen LogP contribution in [-0.2, 0) is 4.74 Å². The van der Waals surface area contributed by atoms with Crippen LogP contribution in [0.1, 0.15) is 36.2 Å². The standard InChI is InChI=1S/C19H22O3/c1-14-9-11-17(12-10-14)19(20)22-16(3)13-15(2)21-18-7-5-4-6-8-18/h4-12,15-16H,13H2,1-3H3/t15-,16-/m1/s1. The van der Waals surface area contributed by atoms with Crippen LogP contribution in [0.2, 0.25) is 0 Å². The molecular weight excluding hydrogens is 276 g/mol. The fourth-order valence-electron chi connectivity index (χ4n) is 2.24. The second-order valence-electron chi connectivity index (χ2n) is 5.56. The molecule has 0 N–H and O–H groups in total. The molecule has 0 saturated carbocycles. The van der Waals surface area contributed by atoms with Gasteiger partial charge in [0.25, 0.3) is 0 Å². The summed E-state index contributed by atoms with van der Waals surface area (Å²) in [6, 6.07) is 17.0. The Balaban J connectivity index is 1.83. The topological polar surface area (TPSA) is 35.5 Å². The highest BCUT2D eigenvalue weighted by molar-refractivity contribution is 5.89. The first-order chi connectivity index (χ1) is 10.5. The molecular formula is C19H22O3. The summed E-state index contributed by atoms with van der Waals surface area (Å²) in [6.07, 6.45) is 0.419. The van der Waals surface area contributed by atoms with E-state index < -0.39 is 0 Å². The molecule has 0 saturated heterocycles. The molecule has 0 aliphatic rings. The molecule has 0 fully saturated rings. The highest BCUT2D eigenvalue weighted by Gasteiger charge is 2.15. The maximum absolute atomic E-state index is 12.0. The van der Waals surface area contributed by atoms with E-state index in [9.17, 15) is 4.79 Å². The van der Waals surface area contributed by atoms with Crippen molar-refractivity contribution in [2.24, 2.45) is 0 Å². The summed E-state index contributed by atoms with van der Waals surface area (Å²) < 4.78 is 11.3. The Labute approximate surface area is 131 Å². The molecule has 2 aromatic carbocycles. The van der Waals surface area contributed by atoms with Crippen molar-refractivity contribution >= 4 is 5.97 Å². The largest absolute Gasteiger partial charge is 0.491 e. The molecule has 2 aromatic rings. The van der Waals surface area contributed by atoms with Crippen molar-refractivity contribution in [2.75, 3.05) is 0 Å². The van der Waals surface area contributed by atoms with Gasteiger partial charge in [-0.1, -0.05) is 35.9 Å². The lowest BCUT2D eigenvalue weighted by molar-refractivity contribution is 0.0243. The minimum Gasteiger partial charge on any atom is -0.491 e. The molecule has 0 bridgehead atoms. The van der Waals surface area contributed by atoms with Gasteiger partial charge in [0, 0.05) is 6.42 Å². The van der Waals surface area contributed by atoms with Crippen LogP contribution in [0, 0.1) is 6.92 Å². The summed E-state index contributed by atoms with van der Waals surface area (Å²) in [6.45, 7) is 5.85. The van der Waals surface area contributed by atoms with Gasteiger partial charge in [0.1, 0.15) is 11.9 Å². The number of para-hydroxylation sites is 1. The molecule has 0 spiro atoms. The Bertz CT molecular complexity index is 590. The van der Waals surface area contributed by atoms with E-state index >= 15 is 0 Å². The summed E-state index contributed by atoms with van der Waals surface area (Å²) in [5.74, 6) is 0.534. The fourth-order valence-corrected chi connectivity index (χ4v) is 2.24. The Hall–Kier alpha value is -2.29. The second kappa shape index (κ2) is 7.64. The van der Waals surface area contributed by atoms with Crippen LogP contribution < -0.4 is 4.74 Å². The molecule has 3 nitrogen and oxygen atoms in total. The summed E-state index contributed by atoms with van der Waals surface area (Å²) >= 11 is 0. The minimum absolute atomic E-state index is 0.0248. The molecule has 116 valence electrons. The van der Waals surface area contributed by atoms with Crippen LogP contribution in [-0.4, -0.2) is 18.2 Å². The molecule has 3 heteroatoms. The van der Waals surface area contributed by atoms with E-state index in [1.807, 2.05) is 63.2 Å². The monoisotopic (exact) mass is 298 g/mol. The predicted molar refractivity (Wildman–Crippen MR) is 87.2 cm³/mol. The Kier molecular flexibility index (Phi) is 5.59. The van der Waals surface area contributed by atoms with Crippen molar-refractivity contribution in [2.45, 2.75) is 39.4 Å². The van der Waals surface area contributed by atoms with Crippen molar-refractivity contribution in [3.05, 3.63) is 65.7 Å². The van der Waals surface area contributed by atoms with Gasteiger partial charge in [0.15, 0.2) is 0 Å². The summed E-state index contributed by atoms with van der Waals surface area (Å²) in [5.41, 5.74) is 1.70. The number of hydrogen-bond donors (Lipinski definition) is 0. The Morgan fingerprint density at radius 2 is 1.59 bits per heavy atom. The van der Waals surface area contributed by atoms with Gasteiger partial charge < -0.3 is 9.47 Å². The van der Waals surface area contributed by atoms with Gasteiger partial charge >= 0.3 is 5.97 Å². The zero-order valence-corrected chi connectivity index (χ0v) is 13.3. The lowest BCUT2D eigenvalue weighted by Crippen LogP contribution is -2.23. The smallest absolute Gasteiger partial charge is 0.338 e. The van der Waals surface area contributed by atoms with Crippen LogP contribution in [0.25, 0.3) is 0 Å². The van der Waals surface area contributed by atoms with E-state index in [4.69, 9.17) is 9.47 Å². The van der Waals surface area contributed by atoms with Gasteiger partial charge in [-0.15, -0.1) is 0 Å². The number of esters is 1. The predicted octanol–water partition coefficient (Wildman–Crippen LogP) is 4.40. The maximum atomic E-state index is 12.0. The van der Waals surface area contributed by atoms with Crippen LogP contribution >= 0.6 is 0 Å². The van der Waals surface area contributed by atoms with Crippen molar-refractivity contribution in [3.8, 4) is 5.75 Å².